The van der Waals surface area contributed by atoms with Gasteiger partial charge in [-0.1, -0.05) is 17.7 Å². The largest absolute Gasteiger partial charge is 0.333 e. The van der Waals surface area contributed by atoms with E-state index in [2.05, 4.69) is 4.98 Å². The fraction of sp³-hybridized carbons (Fsp3) is 0. The van der Waals surface area contributed by atoms with Gasteiger partial charge in [0, 0.05) is 5.02 Å². The standard InChI is InChI=1S/C14H8ClFN2O2/c15-8-4-5-11-12(6-8)18(14(20)17-13(11)19)10-3-1-2-9(16)7-10/h1-7H,(H,17,19,20). The molecule has 0 bridgehead atoms. The Labute approximate surface area is 117 Å². The van der Waals surface area contributed by atoms with E-state index in [1.54, 1.807) is 12.1 Å². The van der Waals surface area contributed by atoms with Gasteiger partial charge in [0.1, 0.15) is 5.82 Å². The van der Waals surface area contributed by atoms with E-state index < -0.39 is 17.1 Å². The van der Waals surface area contributed by atoms with Crippen molar-refractivity contribution in [3.05, 3.63) is 74.1 Å². The first-order chi connectivity index (χ1) is 9.56. The fourth-order valence-corrected chi connectivity index (χ4v) is 2.25. The molecule has 0 unspecified atom stereocenters. The molecule has 100 valence electrons. The van der Waals surface area contributed by atoms with Crippen molar-refractivity contribution < 1.29 is 4.39 Å². The Morgan fingerprint density at radius 3 is 2.65 bits per heavy atom. The lowest BCUT2D eigenvalue weighted by atomic mass is 10.2. The van der Waals surface area contributed by atoms with Crippen LogP contribution in [0.5, 0.6) is 0 Å². The zero-order valence-electron chi connectivity index (χ0n) is 10.1. The smallest absolute Gasteiger partial charge is 0.273 e. The molecule has 3 aromatic rings. The van der Waals surface area contributed by atoms with Crippen molar-refractivity contribution in [1.29, 1.82) is 0 Å². The van der Waals surface area contributed by atoms with Gasteiger partial charge in [-0.05, 0) is 36.4 Å². The number of hydrogen-bond donors (Lipinski definition) is 1. The van der Waals surface area contributed by atoms with Crippen LogP contribution in [0.3, 0.4) is 0 Å². The predicted molar refractivity (Wildman–Crippen MR) is 75.1 cm³/mol. The highest BCUT2D eigenvalue weighted by molar-refractivity contribution is 6.31. The van der Waals surface area contributed by atoms with Crippen LogP contribution in [0.1, 0.15) is 0 Å². The highest BCUT2D eigenvalue weighted by Crippen LogP contribution is 2.18. The molecule has 0 fully saturated rings. The van der Waals surface area contributed by atoms with Crippen molar-refractivity contribution in [2.45, 2.75) is 0 Å². The third-order valence-electron chi connectivity index (χ3n) is 2.94. The monoisotopic (exact) mass is 290 g/mol. The number of fused-ring (bicyclic) bond motifs is 1. The molecule has 0 atom stereocenters. The summed E-state index contributed by atoms with van der Waals surface area (Å²) in [6, 6.07) is 10.1. The van der Waals surface area contributed by atoms with Crippen LogP contribution in [-0.2, 0) is 0 Å². The van der Waals surface area contributed by atoms with Crippen molar-refractivity contribution in [1.82, 2.24) is 9.55 Å². The van der Waals surface area contributed by atoms with E-state index in [1.165, 1.54) is 34.9 Å². The number of nitrogens with one attached hydrogen (secondary N) is 1. The molecule has 0 amide bonds. The van der Waals surface area contributed by atoms with Crippen molar-refractivity contribution >= 4 is 22.5 Å². The maximum absolute atomic E-state index is 13.3. The van der Waals surface area contributed by atoms with Crippen LogP contribution in [0.4, 0.5) is 4.39 Å². The lowest BCUT2D eigenvalue weighted by Crippen LogP contribution is -2.29. The number of halogens is 2. The zero-order valence-corrected chi connectivity index (χ0v) is 10.8. The lowest BCUT2D eigenvalue weighted by molar-refractivity contribution is 0.626. The Balaban J connectivity index is 2.49. The van der Waals surface area contributed by atoms with E-state index in [-0.39, 0.29) is 0 Å². The van der Waals surface area contributed by atoms with Crippen molar-refractivity contribution in [2.24, 2.45) is 0 Å². The second-order valence-electron chi connectivity index (χ2n) is 4.24. The van der Waals surface area contributed by atoms with E-state index in [9.17, 15) is 14.0 Å². The van der Waals surface area contributed by atoms with E-state index in [0.717, 1.165) is 0 Å². The maximum Gasteiger partial charge on any atom is 0.333 e. The number of aromatic nitrogens is 2. The van der Waals surface area contributed by atoms with Crippen LogP contribution >= 0.6 is 11.6 Å². The summed E-state index contributed by atoms with van der Waals surface area (Å²) >= 11 is 5.91. The minimum atomic E-state index is -0.643. The third kappa shape index (κ3) is 2.02. The van der Waals surface area contributed by atoms with Gasteiger partial charge in [0.15, 0.2) is 0 Å². The molecule has 2 aromatic carbocycles. The van der Waals surface area contributed by atoms with Gasteiger partial charge >= 0.3 is 5.69 Å². The van der Waals surface area contributed by atoms with E-state index in [0.29, 0.717) is 21.6 Å². The Hall–Kier alpha value is -2.40. The van der Waals surface area contributed by atoms with E-state index in [1.807, 2.05) is 0 Å². The van der Waals surface area contributed by atoms with Gasteiger partial charge in [-0.25, -0.2) is 9.18 Å². The van der Waals surface area contributed by atoms with Gasteiger partial charge in [0.05, 0.1) is 16.6 Å². The molecule has 1 aromatic heterocycles. The number of H-pyrrole nitrogens is 1. The summed E-state index contributed by atoms with van der Waals surface area (Å²) < 4.78 is 14.5. The molecule has 0 saturated carbocycles. The van der Waals surface area contributed by atoms with Gasteiger partial charge in [-0.15, -0.1) is 0 Å². The zero-order chi connectivity index (χ0) is 14.3. The molecule has 1 heterocycles. The summed E-state index contributed by atoms with van der Waals surface area (Å²) in [5.41, 5.74) is -0.500. The molecular weight excluding hydrogens is 283 g/mol. The molecular formula is C14H8ClFN2O2. The number of aromatic amines is 1. The average Bonchev–Trinajstić information content (AvgIpc) is 2.38. The number of nitrogens with zero attached hydrogens (tertiary/aromatic N) is 1. The third-order valence-corrected chi connectivity index (χ3v) is 3.17. The van der Waals surface area contributed by atoms with Gasteiger partial charge < -0.3 is 0 Å². The SMILES string of the molecule is O=c1[nH]c(=O)n(-c2cccc(F)c2)c2cc(Cl)ccc12. The second-order valence-corrected chi connectivity index (χ2v) is 4.67. The summed E-state index contributed by atoms with van der Waals surface area (Å²) in [5, 5.41) is 0.686. The summed E-state index contributed by atoms with van der Waals surface area (Å²) in [6.45, 7) is 0. The van der Waals surface area contributed by atoms with Crippen LogP contribution in [0.2, 0.25) is 5.02 Å². The van der Waals surface area contributed by atoms with Crippen molar-refractivity contribution in [2.75, 3.05) is 0 Å². The first-order valence-electron chi connectivity index (χ1n) is 5.77. The van der Waals surface area contributed by atoms with Crippen LogP contribution in [-0.4, -0.2) is 9.55 Å². The molecule has 0 spiro atoms. The van der Waals surface area contributed by atoms with Crippen LogP contribution < -0.4 is 11.2 Å². The highest BCUT2D eigenvalue weighted by Gasteiger charge is 2.10. The fourth-order valence-electron chi connectivity index (χ4n) is 2.08. The first-order valence-corrected chi connectivity index (χ1v) is 6.14. The Morgan fingerprint density at radius 2 is 1.90 bits per heavy atom. The predicted octanol–water partition coefficient (Wildman–Crippen LogP) is 2.47. The highest BCUT2D eigenvalue weighted by atomic mass is 35.5. The van der Waals surface area contributed by atoms with Crippen LogP contribution in [0.25, 0.3) is 16.6 Å². The lowest BCUT2D eigenvalue weighted by Gasteiger charge is -2.09. The summed E-state index contributed by atoms with van der Waals surface area (Å²) in [7, 11) is 0. The molecule has 1 N–H and O–H groups in total. The molecule has 3 rings (SSSR count). The summed E-state index contributed by atoms with van der Waals surface area (Å²) in [6.07, 6.45) is 0. The molecule has 0 radical (unpaired) electrons. The Morgan fingerprint density at radius 1 is 1.10 bits per heavy atom. The number of hydrogen-bond acceptors (Lipinski definition) is 2. The molecule has 0 saturated heterocycles. The number of rotatable bonds is 1. The van der Waals surface area contributed by atoms with E-state index in [4.69, 9.17) is 11.6 Å². The molecule has 0 aliphatic heterocycles. The Kier molecular flexibility index (Phi) is 2.91. The molecule has 20 heavy (non-hydrogen) atoms. The normalized spacial score (nSPS) is 10.9. The Bertz CT molecular complexity index is 930. The molecule has 0 aliphatic rings. The minimum Gasteiger partial charge on any atom is -0.273 e. The van der Waals surface area contributed by atoms with Gasteiger partial charge in [0.25, 0.3) is 5.56 Å². The summed E-state index contributed by atoms with van der Waals surface area (Å²) in [5.74, 6) is -0.476. The van der Waals surface area contributed by atoms with E-state index >= 15 is 0 Å². The maximum atomic E-state index is 13.3. The van der Waals surface area contributed by atoms with Crippen LogP contribution in [0.15, 0.2) is 52.1 Å². The van der Waals surface area contributed by atoms with Gasteiger partial charge in [0.2, 0.25) is 0 Å². The van der Waals surface area contributed by atoms with Gasteiger partial charge in [-0.3, -0.25) is 14.3 Å². The molecule has 6 heteroatoms. The molecule has 4 nitrogen and oxygen atoms in total. The van der Waals surface area contributed by atoms with Crippen LogP contribution in [0, 0.1) is 5.82 Å². The van der Waals surface area contributed by atoms with Crippen molar-refractivity contribution in [3.8, 4) is 5.69 Å². The van der Waals surface area contributed by atoms with Crippen molar-refractivity contribution in [3.63, 3.8) is 0 Å². The first kappa shape index (κ1) is 12.6. The minimum absolute atomic E-state index is 0.304. The average molecular weight is 291 g/mol. The summed E-state index contributed by atoms with van der Waals surface area (Å²) in [4.78, 5) is 26.0. The quantitative estimate of drug-likeness (QED) is 0.748. The van der Waals surface area contributed by atoms with Gasteiger partial charge in [-0.2, -0.15) is 0 Å². The second kappa shape index (κ2) is 4.61. The topological polar surface area (TPSA) is 54.9 Å². The molecule has 0 aliphatic carbocycles. The number of benzene rings is 2.